The van der Waals surface area contributed by atoms with Gasteiger partial charge in [0, 0.05) is 30.5 Å². The fraction of sp³-hybridized carbons (Fsp3) is 0.625. The van der Waals surface area contributed by atoms with E-state index in [4.69, 9.17) is 4.74 Å². The van der Waals surface area contributed by atoms with Gasteiger partial charge in [0.05, 0.1) is 11.7 Å². The molecule has 1 N–H and O–H groups in total. The number of nitrogens with one attached hydrogen (secondary N) is 1. The van der Waals surface area contributed by atoms with Crippen molar-refractivity contribution in [2.24, 2.45) is 11.3 Å². The molecular formula is C16H20F3NO. The lowest BCUT2D eigenvalue weighted by Gasteiger charge is -2.55. The second-order valence-electron chi connectivity index (χ2n) is 6.62. The van der Waals surface area contributed by atoms with Crippen molar-refractivity contribution in [3.8, 4) is 0 Å². The summed E-state index contributed by atoms with van der Waals surface area (Å²) in [5.74, 6) is 0.491. The van der Waals surface area contributed by atoms with Crippen LogP contribution < -0.4 is 5.32 Å². The summed E-state index contributed by atoms with van der Waals surface area (Å²) in [5.41, 5.74) is 0.128. The fourth-order valence-corrected chi connectivity index (χ4v) is 3.82. The molecule has 2 nitrogen and oxygen atoms in total. The average molecular weight is 299 g/mol. The van der Waals surface area contributed by atoms with Crippen LogP contribution in [0.1, 0.15) is 31.4 Å². The van der Waals surface area contributed by atoms with Gasteiger partial charge in [-0.2, -0.15) is 13.2 Å². The predicted molar refractivity (Wildman–Crippen MR) is 73.7 cm³/mol. The molecule has 1 aliphatic heterocycles. The molecule has 1 heterocycles. The van der Waals surface area contributed by atoms with Crippen molar-refractivity contribution < 1.29 is 17.9 Å². The number of hydrogen-bond acceptors (Lipinski definition) is 2. The molecule has 3 atom stereocenters. The highest BCUT2D eigenvalue weighted by Crippen LogP contribution is 2.52. The lowest BCUT2D eigenvalue weighted by Crippen LogP contribution is -2.65. The van der Waals surface area contributed by atoms with E-state index in [2.05, 4.69) is 19.2 Å². The maximum atomic E-state index is 12.7. The van der Waals surface area contributed by atoms with Crippen LogP contribution >= 0.6 is 0 Å². The summed E-state index contributed by atoms with van der Waals surface area (Å²) in [6, 6.07) is 5.84. The van der Waals surface area contributed by atoms with Crippen molar-refractivity contribution in [1.82, 2.24) is 5.32 Å². The maximum absolute atomic E-state index is 12.7. The molecule has 1 saturated carbocycles. The van der Waals surface area contributed by atoms with E-state index >= 15 is 0 Å². The van der Waals surface area contributed by atoms with E-state index in [0.717, 1.165) is 19.1 Å². The highest BCUT2D eigenvalue weighted by atomic mass is 19.4. The number of ether oxygens (including phenoxy) is 1. The van der Waals surface area contributed by atoms with Crippen LogP contribution in [0.5, 0.6) is 0 Å². The molecule has 21 heavy (non-hydrogen) atoms. The van der Waals surface area contributed by atoms with E-state index in [1.807, 2.05) is 0 Å². The summed E-state index contributed by atoms with van der Waals surface area (Å²) in [6.45, 7) is 5.56. The second kappa shape index (κ2) is 4.99. The summed E-state index contributed by atoms with van der Waals surface area (Å²) in [5, 5.41) is 3.43. The molecule has 0 bridgehead atoms. The lowest BCUT2D eigenvalue weighted by molar-refractivity contribution is -0.137. The molecule has 1 saturated heterocycles. The van der Waals surface area contributed by atoms with E-state index in [1.165, 1.54) is 12.1 Å². The Morgan fingerprint density at radius 1 is 1.33 bits per heavy atom. The third-order valence-corrected chi connectivity index (χ3v) is 4.88. The summed E-state index contributed by atoms with van der Waals surface area (Å²) in [7, 11) is 0. The van der Waals surface area contributed by atoms with E-state index in [1.54, 1.807) is 6.07 Å². The third kappa shape index (κ3) is 2.57. The van der Waals surface area contributed by atoms with Crippen LogP contribution in [-0.2, 0) is 17.5 Å². The first-order chi connectivity index (χ1) is 9.80. The zero-order valence-corrected chi connectivity index (χ0v) is 12.2. The maximum Gasteiger partial charge on any atom is 0.416 e. The first kappa shape index (κ1) is 14.9. The number of rotatable bonds is 3. The van der Waals surface area contributed by atoms with E-state index in [9.17, 15) is 13.2 Å². The van der Waals surface area contributed by atoms with Gasteiger partial charge in [-0.3, -0.25) is 0 Å². The van der Waals surface area contributed by atoms with Gasteiger partial charge in [-0.05, 0) is 18.1 Å². The Balaban J connectivity index is 1.66. The van der Waals surface area contributed by atoms with Crippen LogP contribution in [-0.4, -0.2) is 18.8 Å². The minimum atomic E-state index is -4.28. The summed E-state index contributed by atoms with van der Waals surface area (Å²) >= 11 is 0. The summed E-state index contributed by atoms with van der Waals surface area (Å²) in [4.78, 5) is 0. The Bertz CT molecular complexity index is 526. The van der Waals surface area contributed by atoms with Gasteiger partial charge in [-0.25, -0.2) is 0 Å². The van der Waals surface area contributed by atoms with Gasteiger partial charge in [0.25, 0.3) is 0 Å². The van der Waals surface area contributed by atoms with Crippen LogP contribution in [0.4, 0.5) is 13.2 Å². The Labute approximate surface area is 122 Å². The van der Waals surface area contributed by atoms with Gasteiger partial charge < -0.3 is 10.1 Å². The number of benzene rings is 1. The normalized spacial score (nSPS) is 30.8. The van der Waals surface area contributed by atoms with Gasteiger partial charge in [0.15, 0.2) is 0 Å². The third-order valence-electron chi connectivity index (χ3n) is 4.88. The Hall–Kier alpha value is -1.07. The molecule has 3 rings (SSSR count). The van der Waals surface area contributed by atoms with Crippen LogP contribution in [0.3, 0.4) is 0 Å². The molecule has 3 unspecified atom stereocenters. The average Bonchev–Trinajstić information content (AvgIpc) is 2.85. The van der Waals surface area contributed by atoms with Gasteiger partial charge in [-0.15, -0.1) is 0 Å². The largest absolute Gasteiger partial charge is 0.416 e. The molecule has 0 spiro atoms. The Morgan fingerprint density at radius 2 is 2.10 bits per heavy atom. The van der Waals surface area contributed by atoms with Gasteiger partial charge in [-0.1, -0.05) is 32.0 Å². The molecule has 0 aromatic heterocycles. The molecule has 0 radical (unpaired) electrons. The fourth-order valence-electron chi connectivity index (χ4n) is 3.82. The quantitative estimate of drug-likeness (QED) is 0.920. The van der Waals surface area contributed by atoms with Crippen molar-refractivity contribution in [2.75, 3.05) is 6.61 Å². The predicted octanol–water partition coefficient (Wildman–Crippen LogP) is 3.61. The SMILES string of the molecule is CC1(C)C(NCc2cccc(C(F)(F)F)c2)C2CCOC21. The van der Waals surface area contributed by atoms with Crippen LogP contribution in [0, 0.1) is 11.3 Å². The van der Waals surface area contributed by atoms with E-state index in [-0.39, 0.29) is 11.5 Å². The smallest absolute Gasteiger partial charge is 0.377 e. The van der Waals surface area contributed by atoms with Gasteiger partial charge in [0.1, 0.15) is 0 Å². The number of fused-ring (bicyclic) bond motifs is 1. The second-order valence-corrected chi connectivity index (χ2v) is 6.62. The molecule has 0 amide bonds. The summed E-state index contributed by atoms with van der Waals surface area (Å²) in [6.07, 6.45) is -2.96. The molecule has 1 aromatic rings. The number of hydrogen-bond donors (Lipinski definition) is 1. The summed E-state index contributed by atoms with van der Waals surface area (Å²) < 4.78 is 43.8. The zero-order chi connectivity index (χ0) is 15.3. The molecular weight excluding hydrogens is 279 g/mol. The van der Waals surface area contributed by atoms with Crippen LogP contribution in [0.2, 0.25) is 0 Å². The minimum Gasteiger partial charge on any atom is -0.377 e. The molecule has 2 fully saturated rings. The van der Waals surface area contributed by atoms with Crippen molar-refractivity contribution >= 4 is 0 Å². The van der Waals surface area contributed by atoms with Crippen molar-refractivity contribution in [3.05, 3.63) is 35.4 Å². The first-order valence-electron chi connectivity index (χ1n) is 7.31. The molecule has 5 heteroatoms. The van der Waals surface area contributed by atoms with Crippen molar-refractivity contribution in [1.29, 1.82) is 0 Å². The minimum absolute atomic E-state index is 0.0444. The molecule has 1 aliphatic carbocycles. The van der Waals surface area contributed by atoms with Gasteiger partial charge >= 0.3 is 6.18 Å². The lowest BCUT2D eigenvalue weighted by atomic mass is 9.57. The van der Waals surface area contributed by atoms with Crippen LogP contribution in [0.25, 0.3) is 0 Å². The number of alkyl halides is 3. The standard InChI is InChI=1S/C16H20F3NO/c1-15(2)13(12-6-7-21-14(12)15)20-9-10-4-3-5-11(8-10)16(17,18)19/h3-5,8,12-14,20H,6-7,9H2,1-2H3. The first-order valence-corrected chi connectivity index (χ1v) is 7.31. The zero-order valence-electron chi connectivity index (χ0n) is 12.2. The Morgan fingerprint density at radius 3 is 2.81 bits per heavy atom. The Kier molecular flexibility index (Phi) is 3.53. The molecule has 116 valence electrons. The van der Waals surface area contributed by atoms with Gasteiger partial charge in [0.2, 0.25) is 0 Å². The topological polar surface area (TPSA) is 21.3 Å². The van der Waals surface area contributed by atoms with E-state index < -0.39 is 11.7 Å². The van der Waals surface area contributed by atoms with E-state index in [0.29, 0.717) is 24.1 Å². The highest BCUT2D eigenvalue weighted by molar-refractivity contribution is 5.26. The van der Waals surface area contributed by atoms with Crippen molar-refractivity contribution in [3.63, 3.8) is 0 Å². The monoisotopic (exact) mass is 299 g/mol. The highest BCUT2D eigenvalue weighted by Gasteiger charge is 2.58. The van der Waals surface area contributed by atoms with Crippen molar-refractivity contribution in [2.45, 2.75) is 45.1 Å². The molecule has 2 aliphatic rings. The number of halogens is 3. The van der Waals surface area contributed by atoms with Crippen LogP contribution in [0.15, 0.2) is 24.3 Å². The molecule has 1 aromatic carbocycles.